The number of hydrogen-bond acceptors (Lipinski definition) is 4. The number of nitrogens with one attached hydrogen (secondary N) is 3. The van der Waals surface area contributed by atoms with Crippen LogP contribution in [0.25, 0.3) is 10.9 Å². The van der Waals surface area contributed by atoms with E-state index in [0.29, 0.717) is 5.69 Å². The molecule has 0 saturated heterocycles. The lowest BCUT2D eigenvalue weighted by molar-refractivity contribution is -0.126. The van der Waals surface area contributed by atoms with E-state index in [1.807, 2.05) is 54.6 Å². The Bertz CT molecular complexity index is 972. The molecule has 6 N–H and O–H groups in total. The first-order chi connectivity index (χ1) is 13.4. The van der Waals surface area contributed by atoms with E-state index < -0.39 is 23.6 Å². The van der Waals surface area contributed by atoms with Crippen LogP contribution in [0.15, 0.2) is 54.6 Å². The summed E-state index contributed by atoms with van der Waals surface area (Å²) in [5.41, 5.74) is 7.05. The number of aromatic amines is 1. The lowest BCUT2D eigenvalue weighted by atomic mass is 9.93. The van der Waals surface area contributed by atoms with Crippen molar-refractivity contribution in [2.45, 2.75) is 24.9 Å². The van der Waals surface area contributed by atoms with Crippen LogP contribution in [0.5, 0.6) is 0 Å². The number of benzene rings is 2. The molecule has 8 heteroatoms. The van der Waals surface area contributed by atoms with Crippen LogP contribution in [0.1, 0.15) is 24.2 Å². The summed E-state index contributed by atoms with van der Waals surface area (Å²) in [6, 6.07) is 16.4. The summed E-state index contributed by atoms with van der Waals surface area (Å²) in [6.07, 6.45) is -1.17. The number of nitrogens with zero attached hydrogens (tertiary/aromatic N) is 1. The maximum atomic E-state index is 12.9. The highest BCUT2D eigenvalue weighted by Crippen LogP contribution is 2.21. The average Bonchev–Trinajstić information content (AvgIpc) is 3.08. The molecule has 3 rings (SSSR count). The van der Waals surface area contributed by atoms with E-state index in [-0.39, 0.29) is 13.0 Å². The zero-order valence-corrected chi connectivity index (χ0v) is 15.5. The maximum Gasteiger partial charge on any atom is 0.405 e. The van der Waals surface area contributed by atoms with Gasteiger partial charge in [0.2, 0.25) is 5.91 Å². The number of carboxylic acid groups (broad SMARTS) is 1. The second kappa shape index (κ2) is 8.10. The topological polar surface area (TPSA) is 133 Å². The summed E-state index contributed by atoms with van der Waals surface area (Å²) < 4.78 is 0. The fourth-order valence-corrected chi connectivity index (χ4v) is 3.14. The Hall–Kier alpha value is -3.39. The fraction of sp³-hybridized carbons (Fsp3) is 0.250. The van der Waals surface area contributed by atoms with Crippen molar-refractivity contribution in [1.82, 2.24) is 20.8 Å². The Labute approximate surface area is 162 Å². The van der Waals surface area contributed by atoms with Gasteiger partial charge in [-0.15, -0.1) is 0 Å². The Balaban J connectivity index is 1.76. The predicted octanol–water partition coefficient (Wildman–Crippen LogP) is 1.95. The SMILES string of the molecule is CC(Cc1[nH]nc2ccccc12)(NC(=O)O)C(=O)NCC(N)c1ccccc1. The Morgan fingerprint density at radius 1 is 1.18 bits per heavy atom. The summed E-state index contributed by atoms with van der Waals surface area (Å²) >= 11 is 0. The normalized spacial score (nSPS) is 14.2. The first kappa shape index (κ1) is 19.4. The van der Waals surface area contributed by atoms with Gasteiger partial charge in [0.05, 0.1) is 5.52 Å². The summed E-state index contributed by atoms with van der Waals surface area (Å²) in [6.45, 7) is 1.73. The molecule has 2 amide bonds. The van der Waals surface area contributed by atoms with Crippen LogP contribution >= 0.6 is 0 Å². The number of aromatic nitrogens is 2. The molecule has 28 heavy (non-hydrogen) atoms. The molecule has 0 bridgehead atoms. The molecule has 1 heterocycles. The van der Waals surface area contributed by atoms with Gasteiger partial charge in [0, 0.05) is 30.1 Å². The van der Waals surface area contributed by atoms with Crippen LogP contribution in [0, 0.1) is 0 Å². The van der Waals surface area contributed by atoms with Crippen molar-refractivity contribution in [2.24, 2.45) is 5.73 Å². The van der Waals surface area contributed by atoms with Crippen molar-refractivity contribution < 1.29 is 14.7 Å². The van der Waals surface area contributed by atoms with E-state index in [1.165, 1.54) is 0 Å². The van der Waals surface area contributed by atoms with Crippen LogP contribution in [0.4, 0.5) is 4.79 Å². The van der Waals surface area contributed by atoms with Gasteiger partial charge >= 0.3 is 6.09 Å². The van der Waals surface area contributed by atoms with Crippen molar-refractivity contribution in [1.29, 1.82) is 0 Å². The van der Waals surface area contributed by atoms with E-state index in [9.17, 15) is 14.7 Å². The van der Waals surface area contributed by atoms with Gasteiger partial charge in [-0.1, -0.05) is 48.5 Å². The molecule has 0 fully saturated rings. The maximum absolute atomic E-state index is 12.9. The van der Waals surface area contributed by atoms with Gasteiger partial charge in [-0.3, -0.25) is 9.89 Å². The molecular formula is C20H23N5O3. The third-order valence-electron chi connectivity index (χ3n) is 4.67. The molecule has 146 valence electrons. The molecule has 8 nitrogen and oxygen atoms in total. The van der Waals surface area contributed by atoms with E-state index in [2.05, 4.69) is 20.8 Å². The van der Waals surface area contributed by atoms with Crippen molar-refractivity contribution in [2.75, 3.05) is 6.54 Å². The molecule has 0 aliphatic heterocycles. The van der Waals surface area contributed by atoms with Gasteiger partial charge in [0.15, 0.2) is 0 Å². The lowest BCUT2D eigenvalue weighted by Gasteiger charge is -2.28. The highest BCUT2D eigenvalue weighted by molar-refractivity contribution is 5.90. The molecule has 2 atom stereocenters. The lowest BCUT2D eigenvalue weighted by Crippen LogP contribution is -2.58. The van der Waals surface area contributed by atoms with Gasteiger partial charge in [-0.25, -0.2) is 4.79 Å². The molecule has 2 unspecified atom stereocenters. The molecule has 0 saturated carbocycles. The van der Waals surface area contributed by atoms with Crippen molar-refractivity contribution in [3.63, 3.8) is 0 Å². The van der Waals surface area contributed by atoms with Gasteiger partial charge in [-0.2, -0.15) is 5.10 Å². The molecule has 0 aliphatic rings. The van der Waals surface area contributed by atoms with Crippen LogP contribution in [-0.2, 0) is 11.2 Å². The summed E-state index contributed by atoms with van der Waals surface area (Å²) in [5.74, 6) is -0.458. The minimum absolute atomic E-state index is 0.117. The number of carbonyl (C=O) groups excluding carboxylic acids is 1. The van der Waals surface area contributed by atoms with Crippen molar-refractivity contribution in [3.8, 4) is 0 Å². The number of H-pyrrole nitrogens is 1. The van der Waals surface area contributed by atoms with Crippen LogP contribution in [-0.4, -0.2) is 39.4 Å². The highest BCUT2D eigenvalue weighted by atomic mass is 16.4. The highest BCUT2D eigenvalue weighted by Gasteiger charge is 2.36. The van der Waals surface area contributed by atoms with Gasteiger partial charge in [0.25, 0.3) is 0 Å². The third kappa shape index (κ3) is 4.29. The van der Waals surface area contributed by atoms with Crippen molar-refractivity contribution in [3.05, 3.63) is 65.9 Å². The minimum Gasteiger partial charge on any atom is -0.465 e. The van der Waals surface area contributed by atoms with Crippen LogP contribution in [0.2, 0.25) is 0 Å². The van der Waals surface area contributed by atoms with E-state index in [0.717, 1.165) is 16.5 Å². The number of nitrogens with two attached hydrogens (primary N) is 1. The number of carbonyl (C=O) groups is 2. The van der Waals surface area contributed by atoms with Crippen LogP contribution < -0.4 is 16.4 Å². The smallest absolute Gasteiger partial charge is 0.405 e. The van der Waals surface area contributed by atoms with Gasteiger partial charge in [-0.05, 0) is 18.6 Å². The summed E-state index contributed by atoms with van der Waals surface area (Å²) in [5, 5.41) is 22.3. The molecular weight excluding hydrogens is 358 g/mol. The second-order valence-electron chi connectivity index (χ2n) is 6.89. The minimum atomic E-state index is -1.39. The largest absolute Gasteiger partial charge is 0.465 e. The van der Waals surface area contributed by atoms with E-state index in [4.69, 9.17) is 5.73 Å². The number of fused-ring (bicyclic) bond motifs is 1. The predicted molar refractivity (Wildman–Crippen MR) is 106 cm³/mol. The molecule has 1 aromatic heterocycles. The summed E-state index contributed by atoms with van der Waals surface area (Å²) in [7, 11) is 0. The third-order valence-corrected chi connectivity index (χ3v) is 4.67. The first-order valence-corrected chi connectivity index (χ1v) is 8.91. The molecule has 3 aromatic rings. The standard InChI is InChI=1S/C20H23N5O3/c1-20(23-19(27)28,11-17-14-9-5-6-10-16(14)24-25-17)18(26)22-12-15(21)13-7-3-2-4-8-13/h2-10,15,23H,11-12,21H2,1H3,(H,22,26)(H,24,25)(H,27,28). The zero-order chi connectivity index (χ0) is 20.1. The molecule has 2 aromatic carbocycles. The molecule has 0 radical (unpaired) electrons. The van der Waals surface area contributed by atoms with Gasteiger partial charge < -0.3 is 21.5 Å². The number of hydrogen-bond donors (Lipinski definition) is 5. The molecule has 0 aliphatic carbocycles. The fourth-order valence-electron chi connectivity index (χ4n) is 3.14. The average molecular weight is 381 g/mol. The Morgan fingerprint density at radius 3 is 2.57 bits per heavy atom. The zero-order valence-electron chi connectivity index (χ0n) is 15.5. The summed E-state index contributed by atoms with van der Waals surface area (Å²) in [4.78, 5) is 24.2. The van der Waals surface area contributed by atoms with Gasteiger partial charge in [0.1, 0.15) is 5.54 Å². The number of rotatable bonds is 7. The first-order valence-electron chi connectivity index (χ1n) is 8.91. The van der Waals surface area contributed by atoms with Crippen molar-refractivity contribution >= 4 is 22.9 Å². The second-order valence-corrected chi connectivity index (χ2v) is 6.89. The Kier molecular flexibility index (Phi) is 5.60. The monoisotopic (exact) mass is 381 g/mol. The quantitative estimate of drug-likeness (QED) is 0.427. The number of para-hydroxylation sites is 1. The molecule has 0 spiro atoms. The van der Waals surface area contributed by atoms with Crippen LogP contribution in [0.3, 0.4) is 0 Å². The Morgan fingerprint density at radius 2 is 1.86 bits per heavy atom. The van der Waals surface area contributed by atoms with E-state index >= 15 is 0 Å². The van der Waals surface area contributed by atoms with E-state index in [1.54, 1.807) is 6.92 Å². The number of amides is 2.